The Hall–Kier alpha value is -2.18. The van der Waals surface area contributed by atoms with Gasteiger partial charge < -0.3 is 5.32 Å². The average Bonchev–Trinajstić information content (AvgIpc) is 2.31. The molecule has 0 fully saturated rings. The van der Waals surface area contributed by atoms with E-state index in [0.717, 1.165) is 10.6 Å². The molecule has 7 nitrogen and oxygen atoms in total. The van der Waals surface area contributed by atoms with E-state index < -0.39 is 16.2 Å². The average molecular weight is 267 g/mol. The molecular formula is C12H17N3O4. The van der Waals surface area contributed by atoms with Crippen LogP contribution < -0.4 is 10.9 Å². The Labute approximate surface area is 110 Å². The quantitative estimate of drug-likeness (QED) is 0.631. The Balaban J connectivity index is 2.95. The van der Waals surface area contributed by atoms with Crippen LogP contribution in [0.2, 0.25) is 0 Å². The normalized spacial score (nSPS) is 10.5. The molecule has 0 aliphatic carbocycles. The third-order valence-electron chi connectivity index (χ3n) is 2.58. The number of hydrogen-bond acceptors (Lipinski definition) is 4. The van der Waals surface area contributed by atoms with E-state index in [2.05, 4.69) is 5.32 Å². The van der Waals surface area contributed by atoms with Gasteiger partial charge in [-0.15, -0.1) is 0 Å². The maximum atomic E-state index is 11.8. The Kier molecular flexibility index (Phi) is 4.80. The zero-order valence-electron chi connectivity index (χ0n) is 11.2. The van der Waals surface area contributed by atoms with Gasteiger partial charge in [0.15, 0.2) is 0 Å². The first kappa shape index (κ1) is 14.9. The highest BCUT2D eigenvalue weighted by molar-refractivity contribution is 5.75. The molecular weight excluding hydrogens is 250 g/mol. The molecule has 0 aliphatic rings. The second-order valence-corrected chi connectivity index (χ2v) is 4.71. The van der Waals surface area contributed by atoms with Crippen molar-refractivity contribution in [1.82, 2.24) is 9.88 Å². The van der Waals surface area contributed by atoms with Gasteiger partial charge in [-0.3, -0.25) is 24.3 Å². The van der Waals surface area contributed by atoms with E-state index in [1.165, 1.54) is 6.07 Å². The van der Waals surface area contributed by atoms with Crippen LogP contribution in [0, 0.1) is 23.0 Å². The third-order valence-corrected chi connectivity index (χ3v) is 2.58. The molecule has 0 atom stereocenters. The van der Waals surface area contributed by atoms with Crippen LogP contribution in [-0.2, 0) is 11.3 Å². The summed E-state index contributed by atoms with van der Waals surface area (Å²) in [5, 5.41) is 13.3. The lowest BCUT2D eigenvalue weighted by Gasteiger charge is -2.11. The second-order valence-electron chi connectivity index (χ2n) is 4.71. The van der Waals surface area contributed by atoms with E-state index in [9.17, 15) is 19.7 Å². The van der Waals surface area contributed by atoms with Crippen molar-refractivity contribution >= 4 is 11.6 Å². The zero-order chi connectivity index (χ0) is 14.6. The van der Waals surface area contributed by atoms with Crippen molar-refractivity contribution in [2.75, 3.05) is 6.54 Å². The second kappa shape index (κ2) is 6.12. The highest BCUT2D eigenvalue weighted by Crippen LogP contribution is 2.05. The number of hydrogen-bond donors (Lipinski definition) is 1. The molecule has 0 radical (unpaired) electrons. The summed E-state index contributed by atoms with van der Waals surface area (Å²) in [4.78, 5) is 33.4. The van der Waals surface area contributed by atoms with Gasteiger partial charge in [0.25, 0.3) is 0 Å². The van der Waals surface area contributed by atoms with Gasteiger partial charge in [0.2, 0.25) is 5.91 Å². The van der Waals surface area contributed by atoms with Crippen LogP contribution in [0.5, 0.6) is 0 Å². The molecule has 7 heteroatoms. The predicted octanol–water partition coefficient (Wildman–Crippen LogP) is 0.837. The van der Waals surface area contributed by atoms with E-state index in [1.54, 1.807) is 6.92 Å². The molecule has 1 aromatic rings. The topological polar surface area (TPSA) is 94.2 Å². The van der Waals surface area contributed by atoms with E-state index >= 15 is 0 Å². The first-order valence-electron chi connectivity index (χ1n) is 5.94. The van der Waals surface area contributed by atoms with Gasteiger partial charge >= 0.3 is 11.2 Å². The number of carbonyl (C=O) groups is 1. The number of aryl methyl sites for hydroxylation is 1. The van der Waals surface area contributed by atoms with Crippen LogP contribution in [0.15, 0.2) is 16.9 Å². The maximum absolute atomic E-state index is 11.8. The van der Waals surface area contributed by atoms with Gasteiger partial charge in [0.1, 0.15) is 6.54 Å². The van der Waals surface area contributed by atoms with Crippen molar-refractivity contribution in [3.8, 4) is 0 Å². The molecule has 0 saturated heterocycles. The summed E-state index contributed by atoms with van der Waals surface area (Å²) in [5.74, 6) is -0.0359. The molecule has 0 bridgehead atoms. The van der Waals surface area contributed by atoms with Crippen LogP contribution in [0.3, 0.4) is 0 Å². The Morgan fingerprint density at radius 3 is 2.63 bits per heavy atom. The number of carbonyl (C=O) groups excluding carboxylic acids is 1. The first-order valence-corrected chi connectivity index (χ1v) is 5.94. The molecule has 1 amide bonds. The van der Waals surface area contributed by atoms with Gasteiger partial charge in [-0.2, -0.15) is 0 Å². The highest BCUT2D eigenvalue weighted by atomic mass is 16.6. The number of rotatable bonds is 5. The fourth-order valence-electron chi connectivity index (χ4n) is 1.51. The lowest BCUT2D eigenvalue weighted by Crippen LogP contribution is -2.35. The number of nitrogens with one attached hydrogen (secondary N) is 1. The fraction of sp³-hybridized carbons (Fsp3) is 0.500. The largest absolute Gasteiger partial charge is 0.354 e. The van der Waals surface area contributed by atoms with E-state index in [-0.39, 0.29) is 12.5 Å². The van der Waals surface area contributed by atoms with Gasteiger partial charge in [-0.25, -0.2) is 0 Å². The van der Waals surface area contributed by atoms with Crippen molar-refractivity contribution in [2.45, 2.75) is 27.3 Å². The molecule has 1 N–H and O–H groups in total. The number of pyridine rings is 1. The molecule has 1 heterocycles. The van der Waals surface area contributed by atoms with Crippen LogP contribution in [0.4, 0.5) is 5.69 Å². The van der Waals surface area contributed by atoms with Crippen molar-refractivity contribution in [3.63, 3.8) is 0 Å². The molecule has 0 spiro atoms. The van der Waals surface area contributed by atoms with Crippen LogP contribution in [0.25, 0.3) is 0 Å². The highest BCUT2D eigenvalue weighted by Gasteiger charge is 2.17. The minimum atomic E-state index is -0.760. The monoisotopic (exact) mass is 267 g/mol. The number of nitrogens with zero attached hydrogens (tertiary/aromatic N) is 2. The van der Waals surface area contributed by atoms with E-state index in [4.69, 9.17) is 0 Å². The zero-order valence-corrected chi connectivity index (χ0v) is 11.2. The summed E-state index contributed by atoms with van der Waals surface area (Å²) < 4.78 is 1.10. The summed E-state index contributed by atoms with van der Waals surface area (Å²) in [5.41, 5.74) is -0.776. The number of aromatic nitrogens is 1. The van der Waals surface area contributed by atoms with E-state index in [1.807, 2.05) is 13.8 Å². The van der Waals surface area contributed by atoms with Crippen LogP contribution in [-0.4, -0.2) is 21.9 Å². The summed E-state index contributed by atoms with van der Waals surface area (Å²) in [6, 6.07) is 2.61. The summed E-state index contributed by atoms with van der Waals surface area (Å²) in [6.07, 6.45) is 0. The van der Waals surface area contributed by atoms with Crippen LogP contribution >= 0.6 is 0 Å². The van der Waals surface area contributed by atoms with Gasteiger partial charge in [-0.05, 0) is 18.9 Å². The van der Waals surface area contributed by atoms with Gasteiger partial charge in [-0.1, -0.05) is 13.8 Å². The molecule has 0 aromatic carbocycles. The minimum Gasteiger partial charge on any atom is -0.354 e. The predicted molar refractivity (Wildman–Crippen MR) is 69.9 cm³/mol. The SMILES string of the molecule is Cc1ccc([N+](=O)[O-])c(=O)n1CC(=O)NCC(C)C. The van der Waals surface area contributed by atoms with Crippen molar-refractivity contribution in [2.24, 2.45) is 5.92 Å². The van der Waals surface area contributed by atoms with Crippen molar-refractivity contribution in [3.05, 3.63) is 38.3 Å². The molecule has 19 heavy (non-hydrogen) atoms. The molecule has 1 rings (SSSR count). The standard InChI is InChI=1S/C12H17N3O4/c1-8(2)6-13-11(16)7-14-9(3)4-5-10(12(14)17)15(18)19/h4-5,8H,6-7H2,1-3H3,(H,13,16). The summed E-state index contributed by atoms with van der Waals surface area (Å²) >= 11 is 0. The summed E-state index contributed by atoms with van der Waals surface area (Å²) in [7, 11) is 0. The minimum absolute atomic E-state index is 0.209. The lowest BCUT2D eigenvalue weighted by atomic mass is 10.2. The van der Waals surface area contributed by atoms with Crippen molar-refractivity contribution < 1.29 is 9.72 Å². The number of amides is 1. The molecule has 0 aliphatic heterocycles. The van der Waals surface area contributed by atoms with Crippen molar-refractivity contribution in [1.29, 1.82) is 0 Å². The summed E-state index contributed by atoms with van der Waals surface area (Å²) in [6.45, 7) is 5.82. The maximum Gasteiger partial charge on any atom is 0.334 e. The van der Waals surface area contributed by atoms with Gasteiger partial charge in [0, 0.05) is 18.3 Å². The van der Waals surface area contributed by atoms with Gasteiger partial charge in [0.05, 0.1) is 4.92 Å². The molecule has 0 saturated carbocycles. The Morgan fingerprint density at radius 2 is 2.11 bits per heavy atom. The smallest absolute Gasteiger partial charge is 0.334 e. The van der Waals surface area contributed by atoms with Crippen LogP contribution in [0.1, 0.15) is 19.5 Å². The molecule has 0 unspecified atom stereocenters. The Bertz CT molecular complexity index is 548. The molecule has 104 valence electrons. The fourth-order valence-corrected chi connectivity index (χ4v) is 1.51. The first-order chi connectivity index (χ1) is 8.82. The number of nitro groups is 1. The molecule has 1 aromatic heterocycles. The third kappa shape index (κ3) is 3.90. The van der Waals surface area contributed by atoms with E-state index in [0.29, 0.717) is 18.2 Å². The Morgan fingerprint density at radius 1 is 1.47 bits per heavy atom. The lowest BCUT2D eigenvalue weighted by molar-refractivity contribution is -0.386.